The Morgan fingerprint density at radius 3 is 2.26 bits per heavy atom. The number of carbonyl (C=O) groups excluding carboxylic acids is 1. The lowest BCUT2D eigenvalue weighted by atomic mass is 9.90. The minimum Gasteiger partial charge on any atom is -0.448 e. The molecule has 4 heteroatoms. The molecule has 138 valence electrons. The van der Waals surface area contributed by atoms with Crippen LogP contribution in [0.25, 0.3) is 11.1 Å². The maximum atomic E-state index is 12.8. The van der Waals surface area contributed by atoms with Crippen molar-refractivity contribution in [2.75, 3.05) is 26.9 Å². The third-order valence-electron chi connectivity index (χ3n) is 5.84. The van der Waals surface area contributed by atoms with Crippen LogP contribution in [0.3, 0.4) is 0 Å². The van der Waals surface area contributed by atoms with Gasteiger partial charge >= 0.3 is 6.09 Å². The van der Waals surface area contributed by atoms with E-state index < -0.39 is 5.54 Å². The molecule has 1 amide bonds. The monoisotopic (exact) mass is 361 g/mol. The second-order valence-electron chi connectivity index (χ2n) is 7.15. The summed E-state index contributed by atoms with van der Waals surface area (Å²) in [6.07, 6.45) is 6.65. The van der Waals surface area contributed by atoms with Crippen LogP contribution in [-0.4, -0.2) is 43.4 Å². The lowest BCUT2D eigenvalue weighted by Gasteiger charge is -2.39. The van der Waals surface area contributed by atoms with Crippen molar-refractivity contribution in [1.29, 1.82) is 0 Å². The first-order valence-electron chi connectivity index (χ1n) is 9.30. The molecular weight excluding hydrogens is 338 g/mol. The van der Waals surface area contributed by atoms with Crippen molar-refractivity contribution in [2.45, 2.75) is 24.3 Å². The fraction of sp³-hybridized carbons (Fsp3) is 0.348. The fourth-order valence-electron chi connectivity index (χ4n) is 4.15. The largest absolute Gasteiger partial charge is 0.448 e. The van der Waals surface area contributed by atoms with Gasteiger partial charge < -0.3 is 9.47 Å². The van der Waals surface area contributed by atoms with E-state index in [0.29, 0.717) is 32.7 Å². The third kappa shape index (κ3) is 2.98. The molecule has 0 unspecified atom stereocenters. The van der Waals surface area contributed by atoms with Crippen LogP contribution >= 0.6 is 0 Å². The number of fused-ring (bicyclic) bond motifs is 3. The Balaban J connectivity index is 1.52. The highest BCUT2D eigenvalue weighted by atomic mass is 16.6. The topological polar surface area (TPSA) is 38.8 Å². The van der Waals surface area contributed by atoms with E-state index in [1.807, 2.05) is 24.3 Å². The molecule has 0 radical (unpaired) electrons. The van der Waals surface area contributed by atoms with Gasteiger partial charge in [-0.2, -0.15) is 0 Å². The van der Waals surface area contributed by atoms with E-state index in [9.17, 15) is 4.79 Å². The van der Waals surface area contributed by atoms with Gasteiger partial charge in [-0.05, 0) is 22.3 Å². The Morgan fingerprint density at radius 1 is 1.15 bits per heavy atom. The van der Waals surface area contributed by atoms with Crippen molar-refractivity contribution in [2.24, 2.45) is 0 Å². The SMILES string of the molecule is C#CC1(N(C)C(=O)OCC2c3ccccc3-c3ccccc32)CCOCC1. The molecular formula is C23H23NO3. The number of hydrogen-bond acceptors (Lipinski definition) is 3. The van der Waals surface area contributed by atoms with Crippen molar-refractivity contribution >= 4 is 6.09 Å². The average Bonchev–Trinajstić information content (AvgIpc) is 3.06. The Morgan fingerprint density at radius 2 is 1.70 bits per heavy atom. The van der Waals surface area contributed by atoms with E-state index in [2.05, 4.69) is 30.2 Å². The summed E-state index contributed by atoms with van der Waals surface area (Å²) in [4.78, 5) is 14.3. The molecule has 0 saturated carbocycles. The quantitative estimate of drug-likeness (QED) is 0.774. The van der Waals surface area contributed by atoms with Crippen LogP contribution in [0.2, 0.25) is 0 Å². The number of rotatable bonds is 3. The number of ether oxygens (including phenoxy) is 2. The van der Waals surface area contributed by atoms with Crippen LogP contribution < -0.4 is 0 Å². The smallest absolute Gasteiger partial charge is 0.410 e. The maximum Gasteiger partial charge on any atom is 0.410 e. The molecule has 0 atom stereocenters. The number of amides is 1. The van der Waals surface area contributed by atoms with E-state index >= 15 is 0 Å². The molecule has 2 aromatic carbocycles. The zero-order chi connectivity index (χ0) is 18.9. The minimum atomic E-state index is -0.624. The summed E-state index contributed by atoms with van der Waals surface area (Å²) >= 11 is 0. The zero-order valence-corrected chi connectivity index (χ0v) is 15.5. The summed E-state index contributed by atoms with van der Waals surface area (Å²) in [6, 6.07) is 16.6. The lowest BCUT2D eigenvalue weighted by molar-refractivity contribution is 0.00804. The van der Waals surface area contributed by atoms with Gasteiger partial charge in [0.25, 0.3) is 0 Å². The predicted molar refractivity (Wildman–Crippen MR) is 104 cm³/mol. The van der Waals surface area contributed by atoms with E-state index in [1.54, 1.807) is 11.9 Å². The van der Waals surface area contributed by atoms with Crippen molar-refractivity contribution in [3.63, 3.8) is 0 Å². The summed E-state index contributed by atoms with van der Waals surface area (Å²) < 4.78 is 11.1. The highest BCUT2D eigenvalue weighted by molar-refractivity contribution is 5.79. The molecule has 4 rings (SSSR count). The summed E-state index contributed by atoms with van der Waals surface area (Å²) in [5.41, 5.74) is 4.21. The van der Waals surface area contributed by atoms with Gasteiger partial charge in [0.05, 0.1) is 0 Å². The number of nitrogens with zero attached hydrogens (tertiary/aromatic N) is 1. The second-order valence-corrected chi connectivity index (χ2v) is 7.15. The molecule has 1 saturated heterocycles. The van der Waals surface area contributed by atoms with Crippen molar-refractivity contribution in [3.8, 4) is 23.5 Å². The van der Waals surface area contributed by atoms with Gasteiger partial charge in [0.15, 0.2) is 0 Å². The van der Waals surface area contributed by atoms with Crippen molar-refractivity contribution in [1.82, 2.24) is 4.90 Å². The van der Waals surface area contributed by atoms with Crippen molar-refractivity contribution in [3.05, 3.63) is 59.7 Å². The van der Waals surface area contributed by atoms with Gasteiger partial charge in [-0.25, -0.2) is 4.79 Å². The Labute approximate surface area is 160 Å². The second kappa shape index (κ2) is 7.09. The first-order chi connectivity index (χ1) is 13.2. The summed E-state index contributed by atoms with van der Waals surface area (Å²) in [5, 5.41) is 0. The maximum absolute atomic E-state index is 12.8. The van der Waals surface area contributed by atoms with Crippen LogP contribution in [0.15, 0.2) is 48.5 Å². The first kappa shape index (κ1) is 17.6. The van der Waals surface area contributed by atoms with E-state index in [-0.39, 0.29) is 12.0 Å². The van der Waals surface area contributed by atoms with Crippen LogP contribution in [0.1, 0.15) is 29.9 Å². The molecule has 1 aliphatic carbocycles. The average molecular weight is 361 g/mol. The first-order valence-corrected chi connectivity index (χ1v) is 9.30. The molecule has 0 aromatic heterocycles. The molecule has 0 spiro atoms. The Hall–Kier alpha value is -2.77. The van der Waals surface area contributed by atoms with Gasteiger partial charge in [0.1, 0.15) is 12.1 Å². The van der Waals surface area contributed by atoms with Gasteiger partial charge in [-0.15, -0.1) is 6.42 Å². The van der Waals surface area contributed by atoms with Crippen LogP contribution in [0.5, 0.6) is 0 Å². The molecule has 2 aromatic rings. The highest BCUT2D eigenvalue weighted by Gasteiger charge is 2.39. The van der Waals surface area contributed by atoms with E-state index in [1.165, 1.54) is 22.3 Å². The van der Waals surface area contributed by atoms with Gasteiger partial charge in [0.2, 0.25) is 0 Å². The Bertz CT molecular complexity index is 847. The molecule has 1 fully saturated rings. The third-order valence-corrected chi connectivity index (χ3v) is 5.84. The van der Waals surface area contributed by atoms with E-state index in [4.69, 9.17) is 15.9 Å². The minimum absolute atomic E-state index is 0.0474. The summed E-state index contributed by atoms with van der Waals surface area (Å²) in [5.74, 6) is 2.85. The van der Waals surface area contributed by atoms with E-state index in [0.717, 1.165) is 0 Å². The molecule has 4 nitrogen and oxygen atoms in total. The van der Waals surface area contributed by atoms with Crippen LogP contribution in [0, 0.1) is 12.3 Å². The highest BCUT2D eigenvalue weighted by Crippen LogP contribution is 2.44. The van der Waals surface area contributed by atoms with Crippen molar-refractivity contribution < 1.29 is 14.3 Å². The molecule has 0 N–H and O–H groups in total. The normalized spacial score (nSPS) is 17.5. The lowest BCUT2D eigenvalue weighted by Crippen LogP contribution is -2.52. The molecule has 0 bridgehead atoms. The van der Waals surface area contributed by atoms with Crippen LogP contribution in [0.4, 0.5) is 4.79 Å². The zero-order valence-electron chi connectivity index (χ0n) is 15.5. The predicted octanol–water partition coefficient (Wildman–Crippen LogP) is 4.05. The molecule has 2 aliphatic rings. The van der Waals surface area contributed by atoms with Gasteiger partial charge in [0, 0.05) is 39.0 Å². The molecule has 27 heavy (non-hydrogen) atoms. The standard InChI is InChI=1S/C23H23NO3/c1-3-23(12-14-26-15-13-23)24(2)22(25)27-16-21-19-10-6-4-8-17(19)18-9-5-7-11-20(18)21/h1,4-11,21H,12-16H2,2H3. The number of benzene rings is 2. The summed E-state index contributed by atoms with van der Waals surface area (Å²) in [7, 11) is 1.73. The fourth-order valence-corrected chi connectivity index (χ4v) is 4.15. The molecule has 1 aliphatic heterocycles. The Kier molecular flexibility index (Phi) is 4.63. The number of carbonyl (C=O) groups is 1. The van der Waals surface area contributed by atoms with Crippen LogP contribution in [-0.2, 0) is 9.47 Å². The number of hydrogen-bond donors (Lipinski definition) is 0. The summed E-state index contributed by atoms with van der Waals surface area (Å²) in [6.45, 7) is 1.42. The molecule has 1 heterocycles. The van der Waals surface area contributed by atoms with Gasteiger partial charge in [-0.1, -0.05) is 54.5 Å². The number of terminal acetylenes is 1. The van der Waals surface area contributed by atoms with Gasteiger partial charge in [-0.3, -0.25) is 4.90 Å².